The third kappa shape index (κ3) is 1.49. The van der Waals surface area contributed by atoms with Crippen LogP contribution < -0.4 is 0 Å². The van der Waals surface area contributed by atoms with Crippen molar-refractivity contribution < 1.29 is 9.47 Å². The molecule has 1 aromatic carbocycles. The van der Waals surface area contributed by atoms with E-state index in [4.69, 9.17) is 9.47 Å². The van der Waals surface area contributed by atoms with E-state index in [9.17, 15) is 0 Å². The summed E-state index contributed by atoms with van der Waals surface area (Å²) in [5.41, 5.74) is 3.61. The van der Waals surface area contributed by atoms with Crippen molar-refractivity contribution in [2.24, 2.45) is 0 Å². The second-order valence-corrected chi connectivity index (χ2v) is 6.05. The standard InChI is InChI=1S/C16H20O2/c1-2-4-14-13(3-1)5-6-15(14)7-9-16(10-8-15)17-11-12-18-16/h1-4H,5-12H2. The van der Waals surface area contributed by atoms with Crippen LogP contribution in [0.2, 0.25) is 0 Å². The minimum atomic E-state index is -0.219. The highest BCUT2D eigenvalue weighted by Gasteiger charge is 2.48. The molecule has 0 aromatic heterocycles. The molecule has 3 aliphatic rings. The van der Waals surface area contributed by atoms with Gasteiger partial charge in [-0.1, -0.05) is 24.3 Å². The molecule has 1 aliphatic heterocycles. The van der Waals surface area contributed by atoms with Gasteiger partial charge in [-0.05, 0) is 42.2 Å². The average molecular weight is 244 g/mol. The summed E-state index contributed by atoms with van der Waals surface area (Å²) in [7, 11) is 0. The molecule has 1 saturated carbocycles. The first-order chi connectivity index (χ1) is 8.82. The largest absolute Gasteiger partial charge is 0.348 e. The van der Waals surface area contributed by atoms with E-state index in [1.807, 2.05) is 0 Å². The van der Waals surface area contributed by atoms with Gasteiger partial charge < -0.3 is 9.47 Å². The van der Waals surface area contributed by atoms with E-state index < -0.39 is 0 Å². The van der Waals surface area contributed by atoms with Crippen molar-refractivity contribution in [1.82, 2.24) is 0 Å². The number of benzene rings is 1. The van der Waals surface area contributed by atoms with E-state index in [1.165, 1.54) is 25.7 Å². The Kier molecular flexibility index (Phi) is 2.33. The smallest absolute Gasteiger partial charge is 0.168 e. The molecule has 1 aromatic rings. The number of rotatable bonds is 0. The van der Waals surface area contributed by atoms with Gasteiger partial charge in [0.25, 0.3) is 0 Å². The summed E-state index contributed by atoms with van der Waals surface area (Å²) < 4.78 is 11.7. The van der Waals surface area contributed by atoms with Crippen LogP contribution in [-0.2, 0) is 21.3 Å². The predicted octanol–water partition coefficient (Wildman–Crippen LogP) is 3.19. The highest BCUT2D eigenvalue weighted by atomic mass is 16.7. The lowest BCUT2D eigenvalue weighted by molar-refractivity contribution is -0.185. The van der Waals surface area contributed by atoms with E-state index in [1.54, 1.807) is 11.1 Å². The first kappa shape index (κ1) is 11.0. The lowest BCUT2D eigenvalue weighted by atomic mass is 9.68. The number of hydrogen-bond donors (Lipinski definition) is 0. The van der Waals surface area contributed by atoms with Crippen LogP contribution in [0.4, 0.5) is 0 Å². The molecule has 1 heterocycles. The number of fused-ring (bicyclic) bond motifs is 2. The fraction of sp³-hybridized carbons (Fsp3) is 0.625. The second kappa shape index (κ2) is 3.82. The van der Waals surface area contributed by atoms with Crippen LogP contribution in [0.1, 0.15) is 43.2 Å². The summed E-state index contributed by atoms with van der Waals surface area (Å²) in [4.78, 5) is 0. The first-order valence-corrected chi connectivity index (χ1v) is 7.18. The summed E-state index contributed by atoms with van der Waals surface area (Å²) >= 11 is 0. The summed E-state index contributed by atoms with van der Waals surface area (Å²) in [5, 5.41) is 0. The van der Waals surface area contributed by atoms with Crippen molar-refractivity contribution >= 4 is 0 Å². The van der Waals surface area contributed by atoms with Crippen LogP contribution in [0.25, 0.3) is 0 Å². The summed E-state index contributed by atoms with van der Waals surface area (Å²) in [6.07, 6.45) is 7.17. The maximum absolute atomic E-state index is 5.85. The van der Waals surface area contributed by atoms with Crippen LogP contribution in [0, 0.1) is 0 Å². The lowest BCUT2D eigenvalue weighted by Crippen LogP contribution is -2.41. The molecule has 0 bridgehead atoms. The molecule has 2 fully saturated rings. The number of hydrogen-bond acceptors (Lipinski definition) is 2. The Morgan fingerprint density at radius 1 is 0.833 bits per heavy atom. The fourth-order valence-corrected chi connectivity index (χ4v) is 4.18. The van der Waals surface area contributed by atoms with Crippen LogP contribution >= 0.6 is 0 Å². The third-order valence-corrected chi connectivity index (χ3v) is 5.24. The topological polar surface area (TPSA) is 18.5 Å². The maximum atomic E-state index is 5.85. The minimum Gasteiger partial charge on any atom is -0.348 e. The van der Waals surface area contributed by atoms with Gasteiger partial charge in [0, 0.05) is 12.8 Å². The molecule has 0 amide bonds. The fourth-order valence-electron chi connectivity index (χ4n) is 4.18. The zero-order chi connectivity index (χ0) is 12.1. The van der Waals surface area contributed by atoms with E-state index in [-0.39, 0.29) is 5.79 Å². The Hall–Kier alpha value is -0.860. The van der Waals surface area contributed by atoms with Gasteiger partial charge in [0.1, 0.15) is 0 Å². The molecule has 2 aliphatic carbocycles. The molecular formula is C16H20O2. The van der Waals surface area contributed by atoms with E-state index >= 15 is 0 Å². The Morgan fingerprint density at radius 2 is 1.56 bits per heavy atom. The quantitative estimate of drug-likeness (QED) is 0.698. The third-order valence-electron chi connectivity index (χ3n) is 5.24. The Balaban J connectivity index is 1.61. The molecule has 18 heavy (non-hydrogen) atoms. The van der Waals surface area contributed by atoms with E-state index in [0.29, 0.717) is 5.41 Å². The Bertz CT molecular complexity index is 450. The van der Waals surface area contributed by atoms with Gasteiger partial charge in [0.15, 0.2) is 5.79 Å². The van der Waals surface area contributed by atoms with Crippen LogP contribution in [-0.4, -0.2) is 19.0 Å². The van der Waals surface area contributed by atoms with Gasteiger partial charge in [-0.2, -0.15) is 0 Å². The average Bonchev–Trinajstić information content (AvgIpc) is 3.01. The van der Waals surface area contributed by atoms with Gasteiger partial charge in [0.05, 0.1) is 13.2 Å². The van der Waals surface area contributed by atoms with Gasteiger partial charge >= 0.3 is 0 Å². The number of aryl methyl sites for hydroxylation is 1. The molecule has 96 valence electrons. The van der Waals surface area contributed by atoms with E-state index in [0.717, 1.165) is 26.1 Å². The highest BCUT2D eigenvalue weighted by molar-refractivity contribution is 5.39. The predicted molar refractivity (Wildman–Crippen MR) is 69.5 cm³/mol. The van der Waals surface area contributed by atoms with Gasteiger partial charge in [-0.25, -0.2) is 0 Å². The van der Waals surface area contributed by atoms with Crippen LogP contribution in [0.5, 0.6) is 0 Å². The number of ether oxygens (including phenoxy) is 2. The zero-order valence-corrected chi connectivity index (χ0v) is 10.8. The highest BCUT2D eigenvalue weighted by Crippen LogP contribution is 2.52. The molecule has 1 saturated heterocycles. The molecule has 0 N–H and O–H groups in total. The normalized spacial score (nSPS) is 27.8. The molecule has 0 radical (unpaired) electrons. The molecule has 2 spiro atoms. The monoisotopic (exact) mass is 244 g/mol. The van der Waals surface area contributed by atoms with Gasteiger partial charge in [-0.3, -0.25) is 0 Å². The first-order valence-electron chi connectivity index (χ1n) is 7.18. The molecule has 4 rings (SSSR count). The van der Waals surface area contributed by atoms with Crippen molar-refractivity contribution in [1.29, 1.82) is 0 Å². The minimum absolute atomic E-state index is 0.219. The van der Waals surface area contributed by atoms with Crippen molar-refractivity contribution in [2.45, 2.75) is 49.7 Å². The maximum Gasteiger partial charge on any atom is 0.168 e. The van der Waals surface area contributed by atoms with Crippen molar-refractivity contribution in [3.63, 3.8) is 0 Å². The van der Waals surface area contributed by atoms with Crippen molar-refractivity contribution in [3.8, 4) is 0 Å². The van der Waals surface area contributed by atoms with Crippen LogP contribution in [0.15, 0.2) is 24.3 Å². The molecular weight excluding hydrogens is 224 g/mol. The molecule has 0 unspecified atom stereocenters. The van der Waals surface area contributed by atoms with E-state index in [2.05, 4.69) is 24.3 Å². The Morgan fingerprint density at radius 3 is 2.33 bits per heavy atom. The van der Waals surface area contributed by atoms with Crippen LogP contribution in [0.3, 0.4) is 0 Å². The van der Waals surface area contributed by atoms with Gasteiger partial charge in [-0.15, -0.1) is 0 Å². The summed E-state index contributed by atoms with van der Waals surface area (Å²) in [5.74, 6) is -0.219. The lowest BCUT2D eigenvalue weighted by Gasteiger charge is -2.42. The van der Waals surface area contributed by atoms with Crippen molar-refractivity contribution in [2.75, 3.05) is 13.2 Å². The zero-order valence-electron chi connectivity index (χ0n) is 10.8. The summed E-state index contributed by atoms with van der Waals surface area (Å²) in [6.45, 7) is 1.56. The SMILES string of the molecule is c1ccc2c(c1)CCC21CCC2(CC1)OCCO2. The van der Waals surface area contributed by atoms with Gasteiger partial charge in [0.2, 0.25) is 0 Å². The molecule has 2 heteroatoms. The molecule has 0 atom stereocenters. The van der Waals surface area contributed by atoms with Crippen molar-refractivity contribution in [3.05, 3.63) is 35.4 Å². The Labute approximate surface area is 108 Å². The second-order valence-electron chi connectivity index (χ2n) is 6.05. The molecule has 2 nitrogen and oxygen atoms in total. The summed E-state index contributed by atoms with van der Waals surface area (Å²) in [6, 6.07) is 9.01.